The molecule has 1 N–H and O–H groups in total. The van der Waals surface area contributed by atoms with Crippen molar-refractivity contribution in [1.29, 1.82) is 0 Å². The molecule has 0 saturated carbocycles. The summed E-state index contributed by atoms with van der Waals surface area (Å²) >= 11 is 11.8. The zero-order valence-electron chi connectivity index (χ0n) is 10.1. The van der Waals surface area contributed by atoms with E-state index < -0.39 is 0 Å². The molecule has 1 unspecified atom stereocenters. The van der Waals surface area contributed by atoms with Crippen LogP contribution in [0.25, 0.3) is 0 Å². The summed E-state index contributed by atoms with van der Waals surface area (Å²) in [6, 6.07) is 6.28. The van der Waals surface area contributed by atoms with Crippen LogP contribution in [-0.2, 0) is 6.42 Å². The van der Waals surface area contributed by atoms with Gasteiger partial charge >= 0.3 is 0 Å². The van der Waals surface area contributed by atoms with Gasteiger partial charge in [0.1, 0.15) is 0 Å². The summed E-state index contributed by atoms with van der Waals surface area (Å²) in [7, 11) is 0. The van der Waals surface area contributed by atoms with Gasteiger partial charge in [-0.1, -0.05) is 43.1 Å². The first kappa shape index (κ1) is 13.8. The average molecular weight is 260 g/mol. The van der Waals surface area contributed by atoms with Crippen molar-refractivity contribution >= 4 is 23.2 Å². The fraction of sp³-hybridized carbons (Fsp3) is 0.538. The van der Waals surface area contributed by atoms with Gasteiger partial charge in [0, 0.05) is 6.04 Å². The predicted octanol–water partition coefficient (Wildman–Crippen LogP) is 4.17. The highest BCUT2D eigenvalue weighted by atomic mass is 35.5. The van der Waals surface area contributed by atoms with E-state index in [0.717, 1.165) is 13.0 Å². The molecule has 0 fully saturated rings. The fourth-order valence-electron chi connectivity index (χ4n) is 1.53. The van der Waals surface area contributed by atoms with E-state index in [9.17, 15) is 0 Å². The lowest BCUT2D eigenvalue weighted by molar-refractivity contribution is 0.482. The zero-order valence-corrected chi connectivity index (χ0v) is 11.6. The second-order valence-corrected chi connectivity index (χ2v) is 5.47. The van der Waals surface area contributed by atoms with E-state index in [1.54, 1.807) is 0 Å². The molecule has 0 heterocycles. The van der Waals surface area contributed by atoms with Gasteiger partial charge in [0.15, 0.2) is 0 Å². The van der Waals surface area contributed by atoms with Gasteiger partial charge < -0.3 is 5.32 Å². The first-order valence-corrected chi connectivity index (χ1v) is 6.42. The molecule has 0 aliphatic carbocycles. The maximum Gasteiger partial charge on any atom is 0.0595 e. The molecular formula is C13H19Cl2N. The van der Waals surface area contributed by atoms with Crippen LogP contribution in [0.3, 0.4) is 0 Å². The van der Waals surface area contributed by atoms with Crippen LogP contribution in [0.4, 0.5) is 0 Å². The third kappa shape index (κ3) is 4.73. The van der Waals surface area contributed by atoms with E-state index in [1.807, 2.05) is 18.2 Å². The van der Waals surface area contributed by atoms with Crippen molar-refractivity contribution in [1.82, 2.24) is 5.32 Å². The van der Waals surface area contributed by atoms with Gasteiger partial charge in [0.05, 0.1) is 10.0 Å². The van der Waals surface area contributed by atoms with Gasteiger partial charge in [-0.3, -0.25) is 0 Å². The highest BCUT2D eigenvalue weighted by molar-refractivity contribution is 6.42. The molecule has 1 atom stereocenters. The van der Waals surface area contributed by atoms with Crippen molar-refractivity contribution in [3.63, 3.8) is 0 Å². The third-order valence-electron chi connectivity index (χ3n) is 2.40. The summed E-state index contributed by atoms with van der Waals surface area (Å²) in [5.74, 6) is 0.677. The van der Waals surface area contributed by atoms with E-state index >= 15 is 0 Å². The SMILES string of the molecule is CC(C)CNC(C)Cc1ccc(Cl)c(Cl)c1. The molecule has 0 aromatic heterocycles. The van der Waals surface area contributed by atoms with Gasteiger partial charge in [0.25, 0.3) is 0 Å². The minimum atomic E-state index is 0.458. The molecule has 3 heteroatoms. The van der Waals surface area contributed by atoms with E-state index in [4.69, 9.17) is 23.2 Å². The second kappa shape index (κ2) is 6.48. The third-order valence-corrected chi connectivity index (χ3v) is 3.14. The van der Waals surface area contributed by atoms with Crippen LogP contribution in [0.5, 0.6) is 0 Å². The Bertz CT molecular complexity index is 337. The van der Waals surface area contributed by atoms with E-state index in [2.05, 4.69) is 26.1 Å². The molecule has 0 aliphatic heterocycles. The van der Waals surface area contributed by atoms with E-state index in [0.29, 0.717) is 22.0 Å². The minimum Gasteiger partial charge on any atom is -0.314 e. The highest BCUT2D eigenvalue weighted by Crippen LogP contribution is 2.23. The molecule has 0 bridgehead atoms. The van der Waals surface area contributed by atoms with Crippen molar-refractivity contribution in [3.8, 4) is 0 Å². The maximum absolute atomic E-state index is 5.97. The second-order valence-electron chi connectivity index (χ2n) is 4.66. The molecule has 0 amide bonds. The van der Waals surface area contributed by atoms with Crippen LogP contribution in [0.15, 0.2) is 18.2 Å². The summed E-state index contributed by atoms with van der Waals surface area (Å²) in [5.41, 5.74) is 1.22. The fourth-order valence-corrected chi connectivity index (χ4v) is 1.85. The van der Waals surface area contributed by atoms with Crippen LogP contribution in [-0.4, -0.2) is 12.6 Å². The molecule has 1 nitrogen and oxygen atoms in total. The Morgan fingerprint density at radius 2 is 1.81 bits per heavy atom. The largest absolute Gasteiger partial charge is 0.314 e. The molecule has 16 heavy (non-hydrogen) atoms. The normalized spacial score (nSPS) is 13.1. The smallest absolute Gasteiger partial charge is 0.0595 e. The van der Waals surface area contributed by atoms with E-state index in [-0.39, 0.29) is 0 Å². The number of rotatable bonds is 5. The van der Waals surface area contributed by atoms with Crippen molar-refractivity contribution in [3.05, 3.63) is 33.8 Å². The molecule has 1 rings (SSSR count). The zero-order chi connectivity index (χ0) is 12.1. The van der Waals surface area contributed by atoms with Crippen LogP contribution in [0.2, 0.25) is 10.0 Å². The molecule has 0 spiro atoms. The standard InChI is InChI=1S/C13H19Cl2N/c1-9(2)8-16-10(3)6-11-4-5-12(14)13(15)7-11/h4-5,7,9-10,16H,6,8H2,1-3H3. The van der Waals surface area contributed by atoms with Crippen molar-refractivity contribution in [2.45, 2.75) is 33.2 Å². The topological polar surface area (TPSA) is 12.0 Å². The van der Waals surface area contributed by atoms with Gasteiger partial charge in [0.2, 0.25) is 0 Å². The summed E-state index contributed by atoms with van der Waals surface area (Å²) in [5, 5.41) is 4.74. The van der Waals surface area contributed by atoms with Crippen molar-refractivity contribution in [2.24, 2.45) is 5.92 Å². The quantitative estimate of drug-likeness (QED) is 0.837. The number of nitrogens with one attached hydrogen (secondary N) is 1. The number of benzene rings is 1. The van der Waals surface area contributed by atoms with Crippen molar-refractivity contribution < 1.29 is 0 Å². The minimum absolute atomic E-state index is 0.458. The first-order chi connectivity index (χ1) is 7.49. The molecule has 1 aromatic rings. The maximum atomic E-state index is 5.97. The summed E-state index contributed by atoms with van der Waals surface area (Å²) in [4.78, 5) is 0. The molecule has 0 radical (unpaired) electrons. The Morgan fingerprint density at radius 1 is 1.12 bits per heavy atom. The number of hydrogen-bond donors (Lipinski definition) is 1. The van der Waals surface area contributed by atoms with Crippen LogP contribution < -0.4 is 5.32 Å². The number of hydrogen-bond acceptors (Lipinski definition) is 1. The average Bonchev–Trinajstić information content (AvgIpc) is 2.21. The predicted molar refractivity (Wildman–Crippen MR) is 72.5 cm³/mol. The highest BCUT2D eigenvalue weighted by Gasteiger charge is 2.05. The van der Waals surface area contributed by atoms with E-state index in [1.165, 1.54) is 5.56 Å². The Morgan fingerprint density at radius 3 is 2.38 bits per heavy atom. The van der Waals surface area contributed by atoms with Crippen LogP contribution in [0.1, 0.15) is 26.3 Å². The summed E-state index contributed by atoms with van der Waals surface area (Å²) in [6.45, 7) is 7.64. The summed E-state index contributed by atoms with van der Waals surface area (Å²) in [6.07, 6.45) is 0.976. The Kier molecular flexibility index (Phi) is 5.60. The Balaban J connectivity index is 2.49. The summed E-state index contributed by atoms with van der Waals surface area (Å²) < 4.78 is 0. The Hall–Kier alpha value is -0.240. The first-order valence-electron chi connectivity index (χ1n) is 5.66. The lowest BCUT2D eigenvalue weighted by atomic mass is 10.1. The van der Waals surface area contributed by atoms with Crippen LogP contribution in [0, 0.1) is 5.92 Å². The lowest BCUT2D eigenvalue weighted by Crippen LogP contribution is -2.31. The van der Waals surface area contributed by atoms with Crippen LogP contribution >= 0.6 is 23.2 Å². The molecule has 1 aromatic carbocycles. The molecule has 0 aliphatic rings. The van der Waals surface area contributed by atoms with Gasteiger partial charge in [-0.2, -0.15) is 0 Å². The monoisotopic (exact) mass is 259 g/mol. The lowest BCUT2D eigenvalue weighted by Gasteiger charge is -2.15. The Labute approximate surface area is 108 Å². The molecular weight excluding hydrogens is 241 g/mol. The van der Waals surface area contributed by atoms with Gasteiger partial charge in [-0.25, -0.2) is 0 Å². The van der Waals surface area contributed by atoms with Gasteiger partial charge in [-0.15, -0.1) is 0 Å². The molecule has 90 valence electrons. The van der Waals surface area contributed by atoms with Gasteiger partial charge in [-0.05, 0) is 43.5 Å². The van der Waals surface area contributed by atoms with Crippen molar-refractivity contribution in [2.75, 3.05) is 6.54 Å². The number of halogens is 2. The molecule has 0 saturated heterocycles.